The molecule has 0 unspecified atom stereocenters. The SMILES string of the molecule is CSc1ccc(NC(=N)c2cccs2)cc1CNCCN(C)C. The normalized spacial score (nSPS) is 11.0. The van der Waals surface area contributed by atoms with Crippen LogP contribution >= 0.6 is 23.1 Å². The van der Waals surface area contributed by atoms with E-state index in [1.807, 2.05) is 23.6 Å². The second-order valence-corrected chi connectivity index (χ2v) is 7.28. The minimum Gasteiger partial charge on any atom is -0.340 e. The van der Waals surface area contributed by atoms with Gasteiger partial charge in [0.15, 0.2) is 0 Å². The van der Waals surface area contributed by atoms with Gasteiger partial charge in [0.1, 0.15) is 5.84 Å². The number of thiophene rings is 1. The number of nitrogens with zero attached hydrogens (tertiary/aromatic N) is 1. The number of anilines is 1. The van der Waals surface area contributed by atoms with Crippen LogP contribution in [0.5, 0.6) is 0 Å². The van der Waals surface area contributed by atoms with Crippen molar-refractivity contribution < 1.29 is 0 Å². The Morgan fingerprint density at radius 2 is 2.13 bits per heavy atom. The molecule has 6 heteroatoms. The smallest absolute Gasteiger partial charge is 0.140 e. The minimum absolute atomic E-state index is 0.448. The number of thioether (sulfide) groups is 1. The first-order valence-electron chi connectivity index (χ1n) is 7.52. The molecule has 0 atom stereocenters. The molecule has 0 aliphatic rings. The van der Waals surface area contributed by atoms with Crippen LogP contribution in [-0.2, 0) is 6.54 Å². The Labute approximate surface area is 146 Å². The lowest BCUT2D eigenvalue weighted by molar-refractivity contribution is 0.399. The number of benzene rings is 1. The first kappa shape index (κ1) is 18.0. The summed E-state index contributed by atoms with van der Waals surface area (Å²) in [6.07, 6.45) is 2.10. The number of hydrogen-bond acceptors (Lipinski definition) is 5. The molecule has 2 rings (SSSR count). The maximum atomic E-state index is 8.14. The molecule has 0 spiro atoms. The molecule has 0 aliphatic heterocycles. The lowest BCUT2D eigenvalue weighted by Crippen LogP contribution is -2.26. The quantitative estimate of drug-likeness (QED) is 0.295. The zero-order valence-corrected chi connectivity index (χ0v) is 15.5. The lowest BCUT2D eigenvalue weighted by Gasteiger charge is -2.14. The van der Waals surface area contributed by atoms with Gasteiger partial charge < -0.3 is 15.5 Å². The third-order valence-corrected chi connectivity index (χ3v) is 5.09. The van der Waals surface area contributed by atoms with Crippen LogP contribution in [0.4, 0.5) is 5.69 Å². The second kappa shape index (κ2) is 9.08. The third kappa shape index (κ3) is 5.66. The van der Waals surface area contributed by atoms with Crippen LogP contribution < -0.4 is 10.6 Å². The summed E-state index contributed by atoms with van der Waals surface area (Å²) >= 11 is 3.33. The van der Waals surface area contributed by atoms with E-state index in [2.05, 4.69) is 48.0 Å². The van der Waals surface area contributed by atoms with Gasteiger partial charge in [0.25, 0.3) is 0 Å². The number of nitrogens with one attached hydrogen (secondary N) is 3. The molecular weight excluding hydrogens is 324 g/mol. The van der Waals surface area contributed by atoms with E-state index < -0.39 is 0 Å². The minimum atomic E-state index is 0.448. The molecule has 0 aliphatic carbocycles. The van der Waals surface area contributed by atoms with Crippen LogP contribution in [0.2, 0.25) is 0 Å². The molecule has 0 amide bonds. The van der Waals surface area contributed by atoms with Gasteiger partial charge in [-0.05, 0) is 55.6 Å². The molecule has 0 fully saturated rings. The van der Waals surface area contributed by atoms with E-state index in [9.17, 15) is 0 Å². The zero-order chi connectivity index (χ0) is 16.7. The summed E-state index contributed by atoms with van der Waals surface area (Å²) in [4.78, 5) is 4.39. The molecule has 3 N–H and O–H groups in total. The summed E-state index contributed by atoms with van der Waals surface area (Å²) < 4.78 is 0. The Morgan fingerprint density at radius 3 is 2.78 bits per heavy atom. The Balaban J connectivity index is 2.01. The molecule has 1 heterocycles. The molecule has 0 bridgehead atoms. The highest BCUT2D eigenvalue weighted by Gasteiger charge is 2.07. The summed E-state index contributed by atoms with van der Waals surface area (Å²) in [5.41, 5.74) is 2.23. The van der Waals surface area contributed by atoms with Crippen LogP contribution in [0.25, 0.3) is 0 Å². The summed E-state index contributed by atoms with van der Waals surface area (Å²) in [5, 5.41) is 16.8. The van der Waals surface area contributed by atoms with Gasteiger partial charge in [-0.25, -0.2) is 0 Å². The predicted molar refractivity (Wildman–Crippen MR) is 103 cm³/mol. The monoisotopic (exact) mass is 348 g/mol. The van der Waals surface area contributed by atoms with Gasteiger partial charge in [-0.3, -0.25) is 5.41 Å². The fraction of sp³-hybridized carbons (Fsp3) is 0.353. The van der Waals surface area contributed by atoms with Crippen LogP contribution in [-0.4, -0.2) is 44.2 Å². The van der Waals surface area contributed by atoms with Gasteiger partial charge in [-0.15, -0.1) is 23.1 Å². The summed E-state index contributed by atoms with van der Waals surface area (Å²) in [6, 6.07) is 10.2. The van der Waals surface area contributed by atoms with Crippen molar-refractivity contribution in [2.75, 3.05) is 38.8 Å². The molecule has 2 aromatic rings. The molecule has 0 saturated carbocycles. The Bertz CT molecular complexity index is 624. The van der Waals surface area contributed by atoms with Crippen molar-refractivity contribution >= 4 is 34.6 Å². The van der Waals surface area contributed by atoms with Crippen molar-refractivity contribution in [3.8, 4) is 0 Å². The van der Waals surface area contributed by atoms with Crippen LogP contribution in [0, 0.1) is 5.41 Å². The van der Waals surface area contributed by atoms with E-state index in [1.165, 1.54) is 10.5 Å². The van der Waals surface area contributed by atoms with Gasteiger partial charge in [0, 0.05) is 30.2 Å². The summed E-state index contributed by atoms with van der Waals surface area (Å²) in [7, 11) is 4.16. The van der Waals surface area contributed by atoms with Crippen LogP contribution in [0.1, 0.15) is 10.4 Å². The van der Waals surface area contributed by atoms with Crippen molar-refractivity contribution in [2.24, 2.45) is 0 Å². The highest BCUT2D eigenvalue weighted by molar-refractivity contribution is 7.98. The van der Waals surface area contributed by atoms with Gasteiger partial charge in [-0.1, -0.05) is 6.07 Å². The van der Waals surface area contributed by atoms with E-state index in [1.54, 1.807) is 23.1 Å². The average molecular weight is 349 g/mol. The first-order chi connectivity index (χ1) is 11.1. The number of hydrogen-bond donors (Lipinski definition) is 3. The molecular formula is C17H24N4S2. The molecule has 1 aromatic carbocycles. The third-order valence-electron chi connectivity index (χ3n) is 3.37. The molecule has 124 valence electrons. The topological polar surface area (TPSA) is 51.2 Å². The summed E-state index contributed by atoms with van der Waals surface area (Å²) in [6.45, 7) is 2.82. The van der Waals surface area contributed by atoms with E-state index in [4.69, 9.17) is 5.41 Å². The van der Waals surface area contributed by atoms with Crippen molar-refractivity contribution in [3.63, 3.8) is 0 Å². The van der Waals surface area contributed by atoms with Crippen molar-refractivity contribution in [3.05, 3.63) is 46.2 Å². The van der Waals surface area contributed by atoms with Gasteiger partial charge in [-0.2, -0.15) is 0 Å². The van der Waals surface area contributed by atoms with E-state index >= 15 is 0 Å². The van der Waals surface area contributed by atoms with E-state index in [0.717, 1.165) is 30.2 Å². The fourth-order valence-electron chi connectivity index (χ4n) is 2.15. The highest BCUT2D eigenvalue weighted by Crippen LogP contribution is 2.24. The number of amidine groups is 1. The average Bonchev–Trinajstić information content (AvgIpc) is 3.06. The van der Waals surface area contributed by atoms with Crippen molar-refractivity contribution in [2.45, 2.75) is 11.4 Å². The fourth-order valence-corrected chi connectivity index (χ4v) is 3.37. The summed E-state index contributed by atoms with van der Waals surface area (Å²) in [5.74, 6) is 0.448. The molecule has 23 heavy (non-hydrogen) atoms. The Hall–Kier alpha value is -1.34. The number of rotatable bonds is 8. The standard InChI is InChI=1S/C17H24N4S2/c1-21(2)9-8-19-12-13-11-14(6-7-15(13)22-3)20-17(18)16-5-4-10-23-16/h4-7,10-11,19H,8-9,12H2,1-3H3,(H2,18,20). The Morgan fingerprint density at radius 1 is 1.30 bits per heavy atom. The maximum Gasteiger partial charge on any atom is 0.140 e. The number of likely N-dealkylation sites (N-methyl/N-ethyl adjacent to an activating group) is 1. The molecule has 4 nitrogen and oxygen atoms in total. The Kier molecular flexibility index (Phi) is 7.11. The van der Waals surface area contributed by atoms with Crippen molar-refractivity contribution in [1.29, 1.82) is 5.41 Å². The zero-order valence-electron chi connectivity index (χ0n) is 13.8. The van der Waals surface area contributed by atoms with Crippen LogP contribution in [0.15, 0.2) is 40.6 Å². The van der Waals surface area contributed by atoms with E-state index in [-0.39, 0.29) is 0 Å². The lowest BCUT2D eigenvalue weighted by atomic mass is 10.2. The van der Waals surface area contributed by atoms with Crippen molar-refractivity contribution in [1.82, 2.24) is 10.2 Å². The van der Waals surface area contributed by atoms with E-state index in [0.29, 0.717) is 5.84 Å². The van der Waals surface area contributed by atoms with Gasteiger partial charge in [0.2, 0.25) is 0 Å². The van der Waals surface area contributed by atoms with Gasteiger partial charge in [0.05, 0.1) is 4.88 Å². The molecule has 0 saturated heterocycles. The second-order valence-electron chi connectivity index (χ2n) is 5.48. The highest BCUT2D eigenvalue weighted by atomic mass is 32.2. The molecule has 0 radical (unpaired) electrons. The molecule has 1 aromatic heterocycles. The predicted octanol–water partition coefficient (Wildman–Crippen LogP) is 3.56. The van der Waals surface area contributed by atoms with Gasteiger partial charge >= 0.3 is 0 Å². The maximum absolute atomic E-state index is 8.14. The first-order valence-corrected chi connectivity index (χ1v) is 9.62. The largest absolute Gasteiger partial charge is 0.340 e. The van der Waals surface area contributed by atoms with Crippen LogP contribution in [0.3, 0.4) is 0 Å².